The predicted molar refractivity (Wildman–Crippen MR) is 89.0 cm³/mol. The van der Waals surface area contributed by atoms with Crippen molar-refractivity contribution in [1.82, 2.24) is 0 Å². The highest BCUT2D eigenvalue weighted by Crippen LogP contribution is 2.27. The lowest BCUT2D eigenvalue weighted by atomic mass is 10.1. The standard InChI is InChI=1S/C19H19NO/c1-14(15-10-12-17(21-2)13-11-15)20-19-9-5-7-16-6-3-4-8-18(16)19/h3-14,20H,1-2H3. The second kappa shape index (κ2) is 5.88. The molecular formula is C19H19NO. The number of fused-ring (bicyclic) bond motifs is 1. The summed E-state index contributed by atoms with van der Waals surface area (Å²) >= 11 is 0. The van der Waals surface area contributed by atoms with Gasteiger partial charge in [0.1, 0.15) is 5.75 Å². The smallest absolute Gasteiger partial charge is 0.118 e. The quantitative estimate of drug-likeness (QED) is 0.723. The van der Waals surface area contributed by atoms with Gasteiger partial charge in [-0.05, 0) is 36.1 Å². The minimum atomic E-state index is 0.238. The molecule has 106 valence electrons. The normalized spacial score (nSPS) is 12.1. The summed E-state index contributed by atoms with van der Waals surface area (Å²) in [4.78, 5) is 0. The zero-order valence-electron chi connectivity index (χ0n) is 12.3. The maximum Gasteiger partial charge on any atom is 0.118 e. The van der Waals surface area contributed by atoms with Gasteiger partial charge in [-0.2, -0.15) is 0 Å². The van der Waals surface area contributed by atoms with Gasteiger partial charge in [-0.15, -0.1) is 0 Å². The lowest BCUT2D eigenvalue weighted by molar-refractivity contribution is 0.414. The summed E-state index contributed by atoms with van der Waals surface area (Å²) in [6.45, 7) is 2.17. The van der Waals surface area contributed by atoms with Crippen molar-refractivity contribution in [2.45, 2.75) is 13.0 Å². The maximum atomic E-state index is 5.20. The van der Waals surface area contributed by atoms with Crippen molar-refractivity contribution in [2.24, 2.45) is 0 Å². The Morgan fingerprint density at radius 1 is 0.857 bits per heavy atom. The summed E-state index contributed by atoms with van der Waals surface area (Å²) in [5.41, 5.74) is 2.40. The molecule has 0 saturated carbocycles. The van der Waals surface area contributed by atoms with E-state index in [4.69, 9.17) is 4.74 Å². The van der Waals surface area contributed by atoms with E-state index in [9.17, 15) is 0 Å². The molecule has 1 N–H and O–H groups in total. The number of hydrogen-bond donors (Lipinski definition) is 1. The zero-order valence-corrected chi connectivity index (χ0v) is 12.3. The minimum absolute atomic E-state index is 0.238. The van der Waals surface area contributed by atoms with Crippen molar-refractivity contribution in [3.05, 3.63) is 72.3 Å². The number of rotatable bonds is 4. The molecule has 0 heterocycles. The van der Waals surface area contributed by atoms with Crippen molar-refractivity contribution in [1.29, 1.82) is 0 Å². The summed E-state index contributed by atoms with van der Waals surface area (Å²) in [5.74, 6) is 0.885. The lowest BCUT2D eigenvalue weighted by Gasteiger charge is -2.17. The molecule has 0 saturated heterocycles. The molecule has 2 heteroatoms. The van der Waals surface area contributed by atoms with Gasteiger partial charge in [0, 0.05) is 17.1 Å². The first-order valence-corrected chi connectivity index (χ1v) is 7.16. The molecular weight excluding hydrogens is 258 g/mol. The molecule has 3 rings (SSSR count). The van der Waals surface area contributed by atoms with Crippen molar-refractivity contribution in [3.63, 3.8) is 0 Å². The molecule has 0 aromatic heterocycles. The summed E-state index contributed by atoms with van der Waals surface area (Å²) in [6, 6.07) is 23.2. The molecule has 0 aliphatic rings. The first kappa shape index (κ1) is 13.5. The number of anilines is 1. The third-order valence-electron chi connectivity index (χ3n) is 3.78. The second-order valence-corrected chi connectivity index (χ2v) is 5.17. The molecule has 2 nitrogen and oxygen atoms in total. The monoisotopic (exact) mass is 277 g/mol. The van der Waals surface area contributed by atoms with Crippen LogP contribution in [0.5, 0.6) is 5.75 Å². The minimum Gasteiger partial charge on any atom is -0.497 e. The van der Waals surface area contributed by atoms with E-state index >= 15 is 0 Å². The van der Waals surface area contributed by atoms with E-state index < -0.39 is 0 Å². The van der Waals surface area contributed by atoms with Gasteiger partial charge in [-0.3, -0.25) is 0 Å². The molecule has 0 aliphatic heterocycles. The van der Waals surface area contributed by atoms with Gasteiger partial charge in [0.15, 0.2) is 0 Å². The Morgan fingerprint density at radius 3 is 2.33 bits per heavy atom. The van der Waals surface area contributed by atoms with Gasteiger partial charge in [0.2, 0.25) is 0 Å². The molecule has 3 aromatic rings. The van der Waals surface area contributed by atoms with Gasteiger partial charge < -0.3 is 10.1 Å². The van der Waals surface area contributed by atoms with Crippen LogP contribution in [0.4, 0.5) is 5.69 Å². The van der Waals surface area contributed by atoms with E-state index in [1.54, 1.807) is 7.11 Å². The van der Waals surface area contributed by atoms with Gasteiger partial charge in [-0.25, -0.2) is 0 Å². The summed E-state index contributed by atoms with van der Waals surface area (Å²) in [5, 5.41) is 6.10. The molecule has 0 spiro atoms. The van der Waals surface area contributed by atoms with E-state index in [-0.39, 0.29) is 6.04 Å². The van der Waals surface area contributed by atoms with E-state index in [2.05, 4.69) is 66.8 Å². The van der Waals surface area contributed by atoms with Crippen LogP contribution in [-0.4, -0.2) is 7.11 Å². The SMILES string of the molecule is COc1ccc(C(C)Nc2cccc3ccccc23)cc1. The molecule has 0 aliphatic carbocycles. The van der Waals surface area contributed by atoms with Gasteiger partial charge in [0.05, 0.1) is 7.11 Å². The maximum absolute atomic E-state index is 5.20. The Bertz CT molecular complexity index is 729. The van der Waals surface area contributed by atoms with Gasteiger partial charge >= 0.3 is 0 Å². The number of methoxy groups -OCH3 is 1. The van der Waals surface area contributed by atoms with Crippen LogP contribution in [0.25, 0.3) is 10.8 Å². The molecule has 3 aromatic carbocycles. The Balaban J connectivity index is 1.87. The molecule has 1 atom stereocenters. The first-order valence-electron chi connectivity index (χ1n) is 7.16. The summed E-state index contributed by atoms with van der Waals surface area (Å²) < 4.78 is 5.20. The fourth-order valence-electron chi connectivity index (χ4n) is 2.56. The van der Waals surface area contributed by atoms with Crippen molar-refractivity contribution < 1.29 is 4.74 Å². The Labute approximate surface area is 125 Å². The molecule has 0 fully saturated rings. The van der Waals surface area contributed by atoms with Gasteiger partial charge in [0.25, 0.3) is 0 Å². The third kappa shape index (κ3) is 2.84. The van der Waals surface area contributed by atoms with E-state index in [1.165, 1.54) is 16.3 Å². The van der Waals surface area contributed by atoms with Crippen molar-refractivity contribution in [3.8, 4) is 5.75 Å². The largest absolute Gasteiger partial charge is 0.497 e. The average Bonchev–Trinajstić information content (AvgIpc) is 2.55. The predicted octanol–water partition coefficient (Wildman–Crippen LogP) is 5.02. The average molecular weight is 277 g/mol. The lowest BCUT2D eigenvalue weighted by Crippen LogP contribution is -2.06. The first-order chi connectivity index (χ1) is 10.3. The Hall–Kier alpha value is -2.48. The molecule has 0 radical (unpaired) electrons. The topological polar surface area (TPSA) is 21.3 Å². The van der Waals surface area contributed by atoms with Gasteiger partial charge in [-0.1, -0.05) is 48.5 Å². The highest BCUT2D eigenvalue weighted by atomic mass is 16.5. The highest BCUT2D eigenvalue weighted by Gasteiger charge is 2.07. The van der Waals surface area contributed by atoms with Crippen LogP contribution in [0.3, 0.4) is 0 Å². The number of hydrogen-bond acceptors (Lipinski definition) is 2. The molecule has 0 bridgehead atoms. The fourth-order valence-corrected chi connectivity index (χ4v) is 2.56. The second-order valence-electron chi connectivity index (χ2n) is 5.17. The number of nitrogens with one attached hydrogen (secondary N) is 1. The Kier molecular flexibility index (Phi) is 3.78. The van der Waals surface area contributed by atoms with E-state index in [0.717, 1.165) is 11.4 Å². The highest BCUT2D eigenvalue weighted by molar-refractivity contribution is 5.93. The Morgan fingerprint density at radius 2 is 1.57 bits per heavy atom. The molecule has 1 unspecified atom stereocenters. The van der Waals surface area contributed by atoms with Crippen molar-refractivity contribution >= 4 is 16.5 Å². The van der Waals surface area contributed by atoms with Crippen LogP contribution in [0.1, 0.15) is 18.5 Å². The number of benzene rings is 3. The van der Waals surface area contributed by atoms with Crippen LogP contribution < -0.4 is 10.1 Å². The van der Waals surface area contributed by atoms with Crippen molar-refractivity contribution in [2.75, 3.05) is 12.4 Å². The van der Waals surface area contributed by atoms with Crippen LogP contribution in [0.15, 0.2) is 66.7 Å². The summed E-state index contributed by atoms with van der Waals surface area (Å²) in [6.07, 6.45) is 0. The summed E-state index contributed by atoms with van der Waals surface area (Å²) in [7, 11) is 1.69. The van der Waals surface area contributed by atoms with E-state index in [0.29, 0.717) is 0 Å². The van der Waals surface area contributed by atoms with E-state index in [1.807, 2.05) is 12.1 Å². The third-order valence-corrected chi connectivity index (χ3v) is 3.78. The van der Waals surface area contributed by atoms with Crippen LogP contribution >= 0.6 is 0 Å². The zero-order chi connectivity index (χ0) is 14.7. The van der Waals surface area contributed by atoms with Crippen LogP contribution in [0, 0.1) is 0 Å². The molecule has 21 heavy (non-hydrogen) atoms. The van der Waals surface area contributed by atoms with Crippen LogP contribution in [-0.2, 0) is 0 Å². The van der Waals surface area contributed by atoms with Crippen LogP contribution in [0.2, 0.25) is 0 Å². The molecule has 0 amide bonds. The fraction of sp³-hybridized carbons (Fsp3) is 0.158. The number of ether oxygens (including phenoxy) is 1.